The Kier molecular flexibility index (Phi) is 6.04. The fourth-order valence-electron chi connectivity index (χ4n) is 2.47. The number of piperidine rings is 1. The van der Waals surface area contributed by atoms with Crippen LogP contribution in [0, 0.1) is 5.92 Å². The van der Waals surface area contributed by atoms with Gasteiger partial charge < -0.3 is 5.73 Å². The van der Waals surface area contributed by atoms with Gasteiger partial charge in [-0.3, -0.25) is 0 Å². The van der Waals surface area contributed by atoms with Crippen LogP contribution in [0.3, 0.4) is 0 Å². The van der Waals surface area contributed by atoms with Gasteiger partial charge in [-0.25, -0.2) is 0 Å². The molecule has 1 saturated heterocycles. The average molecular weight is 277 g/mol. The molecule has 1 fully saturated rings. The molecule has 0 bridgehead atoms. The predicted octanol–water partition coefficient (Wildman–Crippen LogP) is 1.07. The standard InChI is InChI=1S/C12H27N3O2S/c1-10(2)8-12(9-13)14-18(16,17)15-7-5-4-6-11(15)3/h10-12,14H,4-9,13H2,1-3H3. The van der Waals surface area contributed by atoms with Gasteiger partial charge in [0.1, 0.15) is 0 Å². The smallest absolute Gasteiger partial charge is 0.279 e. The van der Waals surface area contributed by atoms with Crippen LogP contribution in [-0.2, 0) is 10.2 Å². The highest BCUT2D eigenvalue weighted by molar-refractivity contribution is 7.87. The first-order valence-electron chi connectivity index (χ1n) is 6.86. The summed E-state index contributed by atoms with van der Waals surface area (Å²) in [7, 11) is -3.39. The molecule has 0 aromatic rings. The summed E-state index contributed by atoms with van der Waals surface area (Å²) in [6.07, 6.45) is 3.78. The molecule has 1 heterocycles. The maximum Gasteiger partial charge on any atom is 0.279 e. The van der Waals surface area contributed by atoms with Crippen LogP contribution in [0.15, 0.2) is 0 Å². The molecule has 108 valence electrons. The average Bonchev–Trinajstić information content (AvgIpc) is 2.27. The second-order valence-corrected chi connectivity index (χ2v) is 7.30. The van der Waals surface area contributed by atoms with Gasteiger partial charge in [0.25, 0.3) is 10.2 Å². The third kappa shape index (κ3) is 4.50. The van der Waals surface area contributed by atoms with Crippen molar-refractivity contribution in [2.45, 2.75) is 58.5 Å². The number of nitrogens with two attached hydrogens (primary N) is 1. The molecule has 0 aromatic heterocycles. The van der Waals surface area contributed by atoms with Gasteiger partial charge in [0, 0.05) is 25.2 Å². The van der Waals surface area contributed by atoms with Gasteiger partial charge in [-0.1, -0.05) is 20.3 Å². The minimum atomic E-state index is -3.39. The van der Waals surface area contributed by atoms with E-state index in [4.69, 9.17) is 5.73 Å². The number of nitrogens with zero attached hydrogens (tertiary/aromatic N) is 1. The van der Waals surface area contributed by atoms with Crippen molar-refractivity contribution in [1.82, 2.24) is 9.03 Å². The summed E-state index contributed by atoms with van der Waals surface area (Å²) in [5.41, 5.74) is 5.65. The lowest BCUT2D eigenvalue weighted by Gasteiger charge is -2.33. The van der Waals surface area contributed by atoms with Crippen LogP contribution in [0.5, 0.6) is 0 Å². The highest BCUT2D eigenvalue weighted by Gasteiger charge is 2.30. The molecule has 1 aliphatic heterocycles. The molecule has 0 spiro atoms. The van der Waals surface area contributed by atoms with Crippen LogP contribution < -0.4 is 10.5 Å². The minimum absolute atomic E-state index is 0.0914. The molecule has 0 aliphatic carbocycles. The van der Waals surface area contributed by atoms with Gasteiger partial charge in [-0.05, 0) is 32.1 Å². The normalized spacial score (nSPS) is 24.4. The lowest BCUT2D eigenvalue weighted by atomic mass is 10.1. The number of rotatable bonds is 6. The SMILES string of the molecule is CC(C)CC(CN)NS(=O)(=O)N1CCCCC1C. The zero-order valence-electron chi connectivity index (χ0n) is 11.7. The van der Waals surface area contributed by atoms with Crippen molar-refractivity contribution in [1.29, 1.82) is 0 Å². The van der Waals surface area contributed by atoms with Crippen LogP contribution in [0.4, 0.5) is 0 Å². The monoisotopic (exact) mass is 277 g/mol. The lowest BCUT2D eigenvalue weighted by Crippen LogP contribution is -2.52. The van der Waals surface area contributed by atoms with Crippen LogP contribution >= 0.6 is 0 Å². The Hall–Kier alpha value is -0.170. The summed E-state index contributed by atoms with van der Waals surface area (Å²) in [4.78, 5) is 0. The van der Waals surface area contributed by atoms with E-state index >= 15 is 0 Å². The maximum atomic E-state index is 12.3. The summed E-state index contributed by atoms with van der Waals surface area (Å²) in [5.74, 6) is 0.431. The summed E-state index contributed by atoms with van der Waals surface area (Å²) in [5, 5.41) is 0. The van der Waals surface area contributed by atoms with Gasteiger partial charge in [0.15, 0.2) is 0 Å². The second kappa shape index (κ2) is 6.84. The third-order valence-electron chi connectivity index (χ3n) is 3.41. The third-order valence-corrected chi connectivity index (χ3v) is 5.20. The van der Waals surface area contributed by atoms with Crippen molar-refractivity contribution >= 4 is 10.2 Å². The Morgan fingerprint density at radius 2 is 2.06 bits per heavy atom. The summed E-state index contributed by atoms with van der Waals surface area (Å²) in [6.45, 7) is 7.08. The Labute approximate surface area is 111 Å². The Morgan fingerprint density at radius 1 is 1.39 bits per heavy atom. The summed E-state index contributed by atoms with van der Waals surface area (Å²) < 4.78 is 28.9. The molecule has 0 radical (unpaired) electrons. The molecule has 2 unspecified atom stereocenters. The van der Waals surface area contributed by atoms with Gasteiger partial charge in [-0.2, -0.15) is 17.4 Å². The Morgan fingerprint density at radius 3 is 2.56 bits per heavy atom. The molecule has 2 atom stereocenters. The summed E-state index contributed by atoms with van der Waals surface area (Å²) in [6, 6.07) is -0.0714. The molecule has 0 saturated carbocycles. The molecule has 1 rings (SSSR count). The zero-order chi connectivity index (χ0) is 13.8. The quantitative estimate of drug-likeness (QED) is 0.762. The second-order valence-electron chi connectivity index (χ2n) is 5.64. The number of hydrogen-bond donors (Lipinski definition) is 2. The maximum absolute atomic E-state index is 12.3. The fraction of sp³-hybridized carbons (Fsp3) is 1.00. The highest BCUT2D eigenvalue weighted by Crippen LogP contribution is 2.19. The van der Waals surface area contributed by atoms with Crippen molar-refractivity contribution < 1.29 is 8.42 Å². The lowest BCUT2D eigenvalue weighted by molar-refractivity contribution is 0.262. The van der Waals surface area contributed by atoms with Crippen LogP contribution in [-0.4, -0.2) is 37.9 Å². The molecule has 1 aliphatic rings. The van der Waals surface area contributed by atoms with Crippen molar-refractivity contribution in [3.05, 3.63) is 0 Å². The van der Waals surface area contributed by atoms with E-state index in [0.29, 0.717) is 19.0 Å². The highest BCUT2D eigenvalue weighted by atomic mass is 32.2. The van der Waals surface area contributed by atoms with Crippen molar-refractivity contribution in [3.8, 4) is 0 Å². The minimum Gasteiger partial charge on any atom is -0.329 e. The van der Waals surface area contributed by atoms with Crippen LogP contribution in [0.2, 0.25) is 0 Å². The zero-order valence-corrected chi connectivity index (χ0v) is 12.5. The molecular formula is C12H27N3O2S. The van der Waals surface area contributed by atoms with E-state index in [-0.39, 0.29) is 12.1 Å². The van der Waals surface area contributed by atoms with E-state index in [9.17, 15) is 8.42 Å². The Bertz CT molecular complexity index is 343. The molecule has 18 heavy (non-hydrogen) atoms. The van der Waals surface area contributed by atoms with E-state index in [1.165, 1.54) is 0 Å². The van der Waals surface area contributed by atoms with E-state index in [1.54, 1.807) is 4.31 Å². The van der Waals surface area contributed by atoms with E-state index in [0.717, 1.165) is 25.7 Å². The van der Waals surface area contributed by atoms with E-state index < -0.39 is 10.2 Å². The first-order valence-corrected chi connectivity index (χ1v) is 8.30. The van der Waals surface area contributed by atoms with E-state index in [1.807, 2.05) is 6.92 Å². The molecule has 0 amide bonds. The topological polar surface area (TPSA) is 75.4 Å². The molecular weight excluding hydrogens is 250 g/mol. The van der Waals surface area contributed by atoms with Crippen LogP contribution in [0.25, 0.3) is 0 Å². The number of hydrogen-bond acceptors (Lipinski definition) is 3. The first-order chi connectivity index (χ1) is 8.36. The van der Waals surface area contributed by atoms with Gasteiger partial charge >= 0.3 is 0 Å². The molecule has 0 aromatic carbocycles. The predicted molar refractivity (Wildman–Crippen MR) is 74.4 cm³/mol. The fourth-order valence-corrected chi connectivity index (χ4v) is 4.17. The Balaban J connectivity index is 2.67. The molecule has 6 heteroatoms. The van der Waals surface area contributed by atoms with E-state index in [2.05, 4.69) is 18.6 Å². The summed E-state index contributed by atoms with van der Waals surface area (Å²) >= 11 is 0. The van der Waals surface area contributed by atoms with Crippen molar-refractivity contribution in [2.75, 3.05) is 13.1 Å². The van der Waals surface area contributed by atoms with Crippen molar-refractivity contribution in [2.24, 2.45) is 11.7 Å². The number of nitrogens with one attached hydrogen (secondary N) is 1. The van der Waals surface area contributed by atoms with Crippen LogP contribution in [0.1, 0.15) is 46.5 Å². The van der Waals surface area contributed by atoms with Gasteiger partial charge in [-0.15, -0.1) is 0 Å². The largest absolute Gasteiger partial charge is 0.329 e. The van der Waals surface area contributed by atoms with Crippen molar-refractivity contribution in [3.63, 3.8) is 0 Å². The van der Waals surface area contributed by atoms with Gasteiger partial charge in [0.05, 0.1) is 0 Å². The molecule has 5 nitrogen and oxygen atoms in total. The van der Waals surface area contributed by atoms with Gasteiger partial charge in [0.2, 0.25) is 0 Å². The molecule has 3 N–H and O–H groups in total. The first kappa shape index (κ1) is 15.9.